The van der Waals surface area contributed by atoms with Crippen molar-refractivity contribution in [2.75, 3.05) is 0 Å². The van der Waals surface area contributed by atoms with Crippen molar-refractivity contribution in [3.05, 3.63) is 0 Å². The molecule has 0 aliphatic carbocycles. The molecule has 0 saturated heterocycles. The molecule has 0 bridgehead atoms. The van der Waals surface area contributed by atoms with Gasteiger partial charge in [-0.25, -0.2) is 0 Å². The summed E-state index contributed by atoms with van der Waals surface area (Å²) in [4.78, 5) is 0. The van der Waals surface area contributed by atoms with Crippen LogP contribution in [-0.4, -0.2) is 38.9 Å². The first kappa shape index (κ1) is 18.5. The Labute approximate surface area is 113 Å². The van der Waals surface area contributed by atoms with E-state index in [2.05, 4.69) is 48.5 Å². The quantitative estimate of drug-likeness (QED) is 0.643. The van der Waals surface area contributed by atoms with Gasteiger partial charge in [-0.3, -0.25) is 0 Å². The van der Waals surface area contributed by atoms with Crippen LogP contribution in [0.5, 0.6) is 0 Å². The zero-order valence-corrected chi connectivity index (χ0v) is 13.2. The Hall–Kier alpha value is 1.09. The van der Waals surface area contributed by atoms with Gasteiger partial charge in [0.15, 0.2) is 0 Å². The maximum absolute atomic E-state index is 6.20. The maximum Gasteiger partial charge on any atom is 0.461 e. The van der Waals surface area contributed by atoms with Gasteiger partial charge in [0.2, 0.25) is 0 Å². The molecule has 0 amide bonds. The summed E-state index contributed by atoms with van der Waals surface area (Å²) in [6.07, 6.45) is 0. The Morgan fingerprint density at radius 2 is 1.27 bits per heavy atom. The first-order chi connectivity index (χ1) is 6.20. The van der Waals surface area contributed by atoms with Gasteiger partial charge in [0.1, 0.15) is 0 Å². The average Bonchev–Trinajstić information content (AvgIpc) is 1.77. The van der Waals surface area contributed by atoms with Crippen molar-refractivity contribution in [2.45, 2.75) is 64.6 Å². The van der Waals surface area contributed by atoms with Crippen molar-refractivity contribution >= 4 is 33.3 Å². The standard InChI is InChI=1S/C4H9O.2C4H9.Al.Li/c1-4(2,3)5;2*1-4(2)3;;/h1-3H3;2*4H,1H2,2-3H3;;/q-1;;;+1;. The average molecular weight is 221 g/mol. The third-order valence-corrected chi connectivity index (χ3v) is 5.97. The molecular formula is C12H27AlLiO. The van der Waals surface area contributed by atoms with Crippen molar-refractivity contribution in [2.24, 2.45) is 11.8 Å². The molecule has 85 valence electrons. The number of hydrogen-bond acceptors (Lipinski definition) is 1. The zero-order valence-electron chi connectivity index (χ0n) is 12.1. The van der Waals surface area contributed by atoms with Crippen LogP contribution in [0.1, 0.15) is 48.5 Å². The van der Waals surface area contributed by atoms with Crippen LogP contribution in [0.2, 0.25) is 10.6 Å². The molecule has 1 radical (unpaired) electrons. The molecule has 0 saturated carbocycles. The van der Waals surface area contributed by atoms with E-state index in [4.69, 9.17) is 3.79 Å². The fourth-order valence-electron chi connectivity index (χ4n) is 1.74. The van der Waals surface area contributed by atoms with Crippen LogP contribution in [0.4, 0.5) is 0 Å². The molecule has 0 aliphatic heterocycles. The number of rotatable bonds is 5. The van der Waals surface area contributed by atoms with E-state index in [1.165, 1.54) is 10.6 Å². The van der Waals surface area contributed by atoms with Crippen molar-refractivity contribution in [3.8, 4) is 0 Å². The molecule has 0 aromatic rings. The SMILES string of the molecule is CC(C)[CH2][Al]([CH2]C(C)C)[O]C(C)(C)C.[Li]. The molecule has 0 unspecified atom stereocenters. The van der Waals surface area contributed by atoms with Gasteiger partial charge in [-0.05, 0) is 20.8 Å². The molecule has 0 aliphatic rings. The third kappa shape index (κ3) is 13.0. The van der Waals surface area contributed by atoms with E-state index in [1.807, 2.05) is 0 Å². The Kier molecular flexibility index (Phi) is 10.1. The van der Waals surface area contributed by atoms with Crippen molar-refractivity contribution < 1.29 is 3.79 Å². The zero-order chi connectivity index (χ0) is 11.4. The van der Waals surface area contributed by atoms with Gasteiger partial charge in [0.25, 0.3) is 0 Å². The van der Waals surface area contributed by atoms with E-state index < -0.39 is 14.5 Å². The smallest absolute Gasteiger partial charge is 0.461 e. The second-order valence-corrected chi connectivity index (χ2v) is 8.53. The van der Waals surface area contributed by atoms with Crippen LogP contribution in [0, 0.1) is 11.8 Å². The topological polar surface area (TPSA) is 9.23 Å². The summed E-state index contributed by atoms with van der Waals surface area (Å²) in [5.41, 5.74) is 0.0562. The fraction of sp³-hybridized carbons (Fsp3) is 1.00. The fourth-order valence-corrected chi connectivity index (χ4v) is 5.23. The van der Waals surface area contributed by atoms with Crippen molar-refractivity contribution in [1.29, 1.82) is 0 Å². The van der Waals surface area contributed by atoms with Crippen molar-refractivity contribution in [1.82, 2.24) is 0 Å². The predicted octanol–water partition coefficient (Wildman–Crippen LogP) is 3.72. The van der Waals surface area contributed by atoms with Gasteiger partial charge in [-0.2, -0.15) is 0 Å². The third-order valence-electron chi connectivity index (χ3n) is 1.99. The van der Waals surface area contributed by atoms with Crippen LogP contribution in [0.3, 0.4) is 0 Å². The van der Waals surface area contributed by atoms with Gasteiger partial charge < -0.3 is 3.79 Å². The minimum atomic E-state index is -0.975. The Bertz CT molecular complexity index is 142. The normalized spacial score (nSPS) is 11.8. The van der Waals surface area contributed by atoms with Crippen LogP contribution < -0.4 is 0 Å². The Morgan fingerprint density at radius 3 is 1.47 bits per heavy atom. The summed E-state index contributed by atoms with van der Waals surface area (Å²) in [6, 6.07) is 0. The van der Waals surface area contributed by atoms with E-state index >= 15 is 0 Å². The molecule has 15 heavy (non-hydrogen) atoms. The van der Waals surface area contributed by atoms with Crippen LogP contribution in [0.25, 0.3) is 0 Å². The van der Waals surface area contributed by atoms with Gasteiger partial charge in [0.05, 0.1) is 0 Å². The van der Waals surface area contributed by atoms with Crippen molar-refractivity contribution in [3.63, 3.8) is 0 Å². The van der Waals surface area contributed by atoms with E-state index in [-0.39, 0.29) is 24.5 Å². The maximum atomic E-state index is 6.20. The van der Waals surface area contributed by atoms with Crippen LogP contribution in [-0.2, 0) is 3.79 Å². The summed E-state index contributed by atoms with van der Waals surface area (Å²) in [6.45, 7) is 15.7. The Balaban J connectivity index is 0. The summed E-state index contributed by atoms with van der Waals surface area (Å²) in [5.74, 6) is 1.57. The van der Waals surface area contributed by atoms with Crippen LogP contribution >= 0.6 is 0 Å². The summed E-state index contributed by atoms with van der Waals surface area (Å²) < 4.78 is 6.20. The second kappa shape index (κ2) is 8.22. The minimum absolute atomic E-state index is 0. The molecule has 3 heteroatoms. The predicted molar refractivity (Wildman–Crippen MR) is 71.6 cm³/mol. The summed E-state index contributed by atoms with van der Waals surface area (Å²) in [7, 11) is 0. The number of hydrogen-bond donors (Lipinski definition) is 0. The molecule has 0 aromatic carbocycles. The molecule has 0 rings (SSSR count). The van der Waals surface area contributed by atoms with Crippen LogP contribution in [0.15, 0.2) is 0 Å². The van der Waals surface area contributed by atoms with E-state index in [0.717, 1.165) is 11.8 Å². The molecule has 0 aromatic heterocycles. The summed E-state index contributed by atoms with van der Waals surface area (Å²) in [5, 5.41) is 2.63. The largest absolute Gasteiger partial charge is 0.496 e. The first-order valence-electron chi connectivity index (χ1n) is 5.88. The minimum Gasteiger partial charge on any atom is -0.496 e. The molecule has 0 atom stereocenters. The first-order valence-corrected chi connectivity index (χ1v) is 7.99. The van der Waals surface area contributed by atoms with Gasteiger partial charge in [0, 0.05) is 24.5 Å². The monoisotopic (exact) mass is 221 g/mol. The molecule has 0 fully saturated rings. The van der Waals surface area contributed by atoms with Gasteiger partial charge >= 0.3 is 14.5 Å². The summed E-state index contributed by atoms with van der Waals surface area (Å²) >= 11 is -0.975. The molecule has 1 nitrogen and oxygen atoms in total. The second-order valence-electron chi connectivity index (χ2n) is 6.11. The van der Waals surface area contributed by atoms with E-state index in [1.54, 1.807) is 0 Å². The van der Waals surface area contributed by atoms with Gasteiger partial charge in [-0.1, -0.05) is 50.1 Å². The molecule has 0 N–H and O–H groups in total. The van der Waals surface area contributed by atoms with Gasteiger partial charge in [-0.15, -0.1) is 0 Å². The molecule has 0 heterocycles. The van der Waals surface area contributed by atoms with E-state index in [9.17, 15) is 0 Å². The Morgan fingerprint density at radius 1 is 0.933 bits per heavy atom. The molecular weight excluding hydrogens is 194 g/mol. The molecule has 0 spiro atoms. The van der Waals surface area contributed by atoms with E-state index in [0.29, 0.717) is 0 Å².